The summed E-state index contributed by atoms with van der Waals surface area (Å²) in [7, 11) is 0. The summed E-state index contributed by atoms with van der Waals surface area (Å²) in [5, 5.41) is 2.98. The zero-order valence-corrected chi connectivity index (χ0v) is 14.3. The van der Waals surface area contributed by atoms with Crippen molar-refractivity contribution >= 4 is 36.4 Å². The second-order valence-electron chi connectivity index (χ2n) is 5.63. The van der Waals surface area contributed by atoms with Crippen LogP contribution in [0.5, 0.6) is 0 Å². The molecule has 0 aliphatic heterocycles. The molecule has 7 heteroatoms. The van der Waals surface area contributed by atoms with Crippen LogP contribution in [0.3, 0.4) is 0 Å². The summed E-state index contributed by atoms with van der Waals surface area (Å²) >= 11 is 0. The number of carbonyl (C=O) groups excluding carboxylic acids is 1. The number of anilines is 1. The minimum absolute atomic E-state index is 0. The zero-order valence-electron chi connectivity index (χ0n) is 12.7. The number of hydrogen-bond acceptors (Lipinski definition) is 3. The molecule has 0 bridgehead atoms. The number of benzene rings is 1. The van der Waals surface area contributed by atoms with Crippen LogP contribution >= 0.6 is 24.8 Å². The van der Waals surface area contributed by atoms with E-state index in [1.165, 1.54) is 0 Å². The zero-order chi connectivity index (χ0) is 14.7. The van der Waals surface area contributed by atoms with Crippen LogP contribution in [-0.4, -0.2) is 21.9 Å². The summed E-state index contributed by atoms with van der Waals surface area (Å²) in [6.07, 6.45) is 7.30. The average Bonchev–Trinajstić information content (AvgIpc) is 3.02. The van der Waals surface area contributed by atoms with E-state index in [9.17, 15) is 4.79 Å². The Morgan fingerprint density at radius 1 is 1.22 bits per heavy atom. The molecule has 2 unspecified atom stereocenters. The Kier molecular flexibility index (Phi) is 7.55. The minimum atomic E-state index is 0. The van der Waals surface area contributed by atoms with Gasteiger partial charge in [-0.25, -0.2) is 4.98 Å². The van der Waals surface area contributed by atoms with E-state index >= 15 is 0 Å². The third kappa shape index (κ3) is 4.96. The number of imidazole rings is 1. The Labute approximate surface area is 148 Å². The first-order valence-electron chi connectivity index (χ1n) is 7.38. The van der Waals surface area contributed by atoms with Crippen molar-refractivity contribution < 1.29 is 4.79 Å². The molecule has 4 N–H and O–H groups in total. The smallest absolute Gasteiger partial charge is 0.227 e. The number of aromatic amines is 1. The summed E-state index contributed by atoms with van der Waals surface area (Å²) in [6, 6.07) is 7.86. The first-order chi connectivity index (χ1) is 10.2. The van der Waals surface area contributed by atoms with E-state index in [1.807, 2.05) is 24.3 Å². The highest BCUT2D eigenvalue weighted by atomic mass is 35.5. The van der Waals surface area contributed by atoms with E-state index < -0.39 is 0 Å². The second-order valence-corrected chi connectivity index (χ2v) is 5.63. The van der Waals surface area contributed by atoms with Crippen molar-refractivity contribution in [3.63, 3.8) is 0 Å². The van der Waals surface area contributed by atoms with Gasteiger partial charge in [-0.1, -0.05) is 6.42 Å². The molecule has 2 aromatic rings. The van der Waals surface area contributed by atoms with E-state index in [1.54, 1.807) is 12.4 Å². The van der Waals surface area contributed by atoms with Gasteiger partial charge in [0.05, 0.1) is 0 Å². The van der Waals surface area contributed by atoms with Crippen LogP contribution in [0.1, 0.15) is 25.7 Å². The highest BCUT2D eigenvalue weighted by molar-refractivity contribution is 5.92. The fourth-order valence-corrected chi connectivity index (χ4v) is 2.84. The molecule has 1 aromatic heterocycles. The summed E-state index contributed by atoms with van der Waals surface area (Å²) in [5.74, 6) is 0.945. The number of nitrogens with two attached hydrogens (primary N) is 1. The van der Waals surface area contributed by atoms with Crippen LogP contribution < -0.4 is 11.1 Å². The molecule has 1 saturated carbocycles. The number of H-pyrrole nitrogens is 1. The van der Waals surface area contributed by atoms with Gasteiger partial charge in [0.2, 0.25) is 5.91 Å². The molecule has 0 radical (unpaired) electrons. The van der Waals surface area contributed by atoms with Crippen molar-refractivity contribution in [2.45, 2.75) is 31.7 Å². The standard InChI is InChI=1S/C16H20N4O.2ClH/c17-13-3-1-2-12(10-13)16(21)20-14-6-4-11(5-7-14)15-18-8-9-19-15;;/h4-9,12-13H,1-3,10,17H2,(H,18,19)(H,20,21);2*1H. The number of halogens is 2. The van der Waals surface area contributed by atoms with Crippen LogP contribution in [0.2, 0.25) is 0 Å². The Balaban J connectivity index is 0.00000132. The lowest BCUT2D eigenvalue weighted by molar-refractivity contribution is -0.120. The number of nitrogens with one attached hydrogen (secondary N) is 2. The van der Waals surface area contributed by atoms with Crippen molar-refractivity contribution in [1.29, 1.82) is 0 Å². The third-order valence-electron chi connectivity index (χ3n) is 4.01. The predicted molar refractivity (Wildman–Crippen MR) is 97.1 cm³/mol. The predicted octanol–water partition coefficient (Wildman–Crippen LogP) is 3.38. The van der Waals surface area contributed by atoms with Gasteiger partial charge >= 0.3 is 0 Å². The van der Waals surface area contributed by atoms with Gasteiger partial charge in [0.1, 0.15) is 5.82 Å². The fourth-order valence-electron chi connectivity index (χ4n) is 2.84. The van der Waals surface area contributed by atoms with Gasteiger partial charge in [0.25, 0.3) is 0 Å². The summed E-state index contributed by atoms with van der Waals surface area (Å²) < 4.78 is 0. The molecule has 0 saturated heterocycles. The van der Waals surface area contributed by atoms with E-state index in [2.05, 4.69) is 15.3 Å². The van der Waals surface area contributed by atoms with Crippen molar-refractivity contribution in [3.8, 4) is 11.4 Å². The largest absolute Gasteiger partial charge is 0.345 e. The Hall–Kier alpha value is -1.56. The first-order valence-corrected chi connectivity index (χ1v) is 7.38. The maximum Gasteiger partial charge on any atom is 0.227 e. The lowest BCUT2D eigenvalue weighted by Gasteiger charge is -2.25. The first kappa shape index (κ1) is 19.5. The van der Waals surface area contributed by atoms with Gasteiger partial charge in [-0.3, -0.25) is 4.79 Å². The van der Waals surface area contributed by atoms with Gasteiger partial charge in [-0.05, 0) is 43.5 Å². The third-order valence-corrected chi connectivity index (χ3v) is 4.01. The number of amides is 1. The van der Waals surface area contributed by atoms with Crippen LogP contribution in [0, 0.1) is 5.92 Å². The normalized spacial score (nSPS) is 20.0. The molecule has 1 fully saturated rings. The molecule has 1 aliphatic rings. The SMILES string of the molecule is Cl.Cl.NC1CCCC(C(=O)Nc2ccc(-c3ncc[nH]3)cc2)C1. The maximum atomic E-state index is 12.2. The van der Waals surface area contributed by atoms with Gasteiger partial charge in [-0.2, -0.15) is 0 Å². The second kappa shape index (κ2) is 8.91. The van der Waals surface area contributed by atoms with Crippen LogP contribution in [0.4, 0.5) is 5.69 Å². The van der Waals surface area contributed by atoms with Gasteiger partial charge in [0, 0.05) is 35.6 Å². The van der Waals surface area contributed by atoms with Crippen LogP contribution in [0.25, 0.3) is 11.4 Å². The summed E-state index contributed by atoms with van der Waals surface area (Å²) in [6.45, 7) is 0. The van der Waals surface area contributed by atoms with E-state index in [-0.39, 0.29) is 42.7 Å². The molecule has 5 nitrogen and oxygen atoms in total. The van der Waals surface area contributed by atoms with E-state index in [4.69, 9.17) is 5.73 Å². The lowest BCUT2D eigenvalue weighted by atomic mass is 9.85. The number of hydrogen-bond donors (Lipinski definition) is 3. The molecule has 3 rings (SSSR count). The topological polar surface area (TPSA) is 83.8 Å². The molecule has 0 spiro atoms. The summed E-state index contributed by atoms with van der Waals surface area (Å²) in [4.78, 5) is 19.5. The average molecular weight is 357 g/mol. The molecule has 1 heterocycles. The van der Waals surface area contributed by atoms with Crippen LogP contribution in [0.15, 0.2) is 36.7 Å². The van der Waals surface area contributed by atoms with Crippen LogP contribution in [-0.2, 0) is 4.79 Å². The molecule has 1 amide bonds. The summed E-state index contributed by atoms with van der Waals surface area (Å²) in [5.41, 5.74) is 7.75. The monoisotopic (exact) mass is 356 g/mol. The highest BCUT2D eigenvalue weighted by Gasteiger charge is 2.25. The van der Waals surface area contributed by atoms with Gasteiger partial charge in [-0.15, -0.1) is 24.8 Å². The molecule has 23 heavy (non-hydrogen) atoms. The van der Waals surface area contributed by atoms with Gasteiger partial charge < -0.3 is 16.0 Å². The lowest BCUT2D eigenvalue weighted by Crippen LogP contribution is -2.34. The maximum absolute atomic E-state index is 12.2. The Morgan fingerprint density at radius 2 is 1.96 bits per heavy atom. The molecule has 2 atom stereocenters. The number of nitrogens with zero attached hydrogens (tertiary/aromatic N) is 1. The molecular weight excluding hydrogens is 335 g/mol. The number of carbonyl (C=O) groups is 1. The van der Waals surface area contributed by atoms with Crippen molar-refractivity contribution in [3.05, 3.63) is 36.7 Å². The van der Waals surface area contributed by atoms with Gasteiger partial charge in [0.15, 0.2) is 0 Å². The Morgan fingerprint density at radius 3 is 2.57 bits per heavy atom. The molecule has 1 aromatic carbocycles. The minimum Gasteiger partial charge on any atom is -0.345 e. The highest BCUT2D eigenvalue weighted by Crippen LogP contribution is 2.25. The number of aromatic nitrogens is 2. The fraction of sp³-hybridized carbons (Fsp3) is 0.375. The molecule has 1 aliphatic carbocycles. The molecular formula is C16H22Cl2N4O. The van der Waals surface area contributed by atoms with Crippen molar-refractivity contribution in [1.82, 2.24) is 9.97 Å². The van der Waals surface area contributed by atoms with E-state index in [0.29, 0.717) is 0 Å². The molecule has 126 valence electrons. The number of rotatable bonds is 3. The van der Waals surface area contributed by atoms with E-state index in [0.717, 1.165) is 42.8 Å². The quantitative estimate of drug-likeness (QED) is 0.787. The van der Waals surface area contributed by atoms with Crippen molar-refractivity contribution in [2.75, 3.05) is 5.32 Å². The Bertz CT molecular complexity index is 601. The van der Waals surface area contributed by atoms with Crippen molar-refractivity contribution in [2.24, 2.45) is 11.7 Å².